The summed E-state index contributed by atoms with van der Waals surface area (Å²) in [6.07, 6.45) is 34.6. The predicted octanol–water partition coefficient (Wildman–Crippen LogP) is 14.2. The smallest absolute Gasteiger partial charge is 0.308 e. The predicted molar refractivity (Wildman–Crippen MR) is 291 cm³/mol. The first-order valence-electron chi connectivity index (χ1n) is 27.7. The van der Waals surface area contributed by atoms with Gasteiger partial charge in [0.2, 0.25) is 5.91 Å². The van der Waals surface area contributed by atoms with Crippen LogP contribution >= 0.6 is 20.6 Å². The van der Waals surface area contributed by atoms with Crippen LogP contribution in [-0.4, -0.2) is 92.9 Å². The average Bonchev–Trinajstić information content (AvgIpc) is 3.66. The standard InChI is InChI=1S/C37H65N3O4S.C18H34O3.CH5P/c1-6-8-10-12-14-17-21-31(22-18-15-13-11-9-7-2)37(43)44-28-20-16-19-23-34(41)40-26-24-32-33(29-40)45-30(3)35(32)36(42)38-25-27-39(4)5;1-3-4-5-6-7-8-9-10-13-16-21-18(20)15-12-11-14-17(2)19;1-2/h31H,6-29H2,1-5H3,(H,38,42);3-16H2,1-2H3;2H2,1H3. The number of thiophene rings is 1. The zero-order chi connectivity index (χ0) is 50.6. The number of fused-ring (bicyclic) bond motifs is 1. The van der Waals surface area contributed by atoms with Gasteiger partial charge in [0.25, 0.3) is 5.91 Å². The Balaban J connectivity index is 0.00000164. The lowest BCUT2D eigenvalue weighted by Gasteiger charge is -2.27. The second kappa shape index (κ2) is 45.8. The SMILES string of the molecule is CCCCCCCCC(CCCCCCCC)C(=O)OCCCCCC(=O)N1CCc2c(sc(C)c2C(=O)NCCN(C)C)C1.CCCCCCCCCCCOC(=O)CCCCC(C)=O.CP. The van der Waals surface area contributed by atoms with Crippen molar-refractivity contribution in [1.82, 2.24) is 15.1 Å². The molecule has 1 N–H and O–H groups in total. The second-order valence-corrected chi connectivity index (χ2v) is 20.6. The number of carbonyl (C=O) groups excluding carboxylic acids is 5. The van der Waals surface area contributed by atoms with Crippen molar-refractivity contribution in [3.63, 3.8) is 0 Å². The molecule has 2 heterocycles. The van der Waals surface area contributed by atoms with Gasteiger partial charge in [0.1, 0.15) is 5.78 Å². The molecule has 1 unspecified atom stereocenters. The molecule has 0 spiro atoms. The number of amides is 2. The molecule has 0 bridgehead atoms. The van der Waals surface area contributed by atoms with E-state index in [9.17, 15) is 24.0 Å². The number of nitrogens with zero attached hydrogens (tertiary/aromatic N) is 2. The van der Waals surface area contributed by atoms with Crippen molar-refractivity contribution >= 4 is 50.1 Å². The molecule has 0 aromatic carbocycles. The van der Waals surface area contributed by atoms with Crippen LogP contribution in [0.15, 0.2) is 0 Å². The minimum atomic E-state index is -0.113. The van der Waals surface area contributed by atoms with Crippen molar-refractivity contribution < 1.29 is 33.4 Å². The summed E-state index contributed by atoms with van der Waals surface area (Å²) in [6.45, 7) is 15.9. The number of hydrogen-bond acceptors (Lipinski definition) is 9. The molecule has 2 amide bonds. The molecule has 68 heavy (non-hydrogen) atoms. The Morgan fingerprint density at radius 1 is 0.647 bits per heavy atom. The molecule has 1 aromatic heterocycles. The fourth-order valence-corrected chi connectivity index (χ4v) is 9.81. The molecule has 1 aliphatic heterocycles. The molecule has 0 aliphatic carbocycles. The Bertz CT molecular complexity index is 1420. The highest BCUT2D eigenvalue weighted by molar-refractivity contribution is 7.15. The van der Waals surface area contributed by atoms with Crippen LogP contribution in [0.25, 0.3) is 0 Å². The van der Waals surface area contributed by atoms with Crippen molar-refractivity contribution in [2.24, 2.45) is 5.92 Å². The zero-order valence-electron chi connectivity index (χ0n) is 45.2. The minimum absolute atomic E-state index is 0.00321. The lowest BCUT2D eigenvalue weighted by atomic mass is 9.94. The maximum Gasteiger partial charge on any atom is 0.308 e. The molecule has 0 saturated carbocycles. The second-order valence-electron chi connectivity index (χ2n) is 19.3. The number of hydrogen-bond donors (Lipinski definition) is 1. The number of rotatable bonds is 40. The number of unbranched alkanes of at least 4 members (excludes halogenated alkanes) is 21. The van der Waals surface area contributed by atoms with Gasteiger partial charge in [0, 0.05) is 48.7 Å². The summed E-state index contributed by atoms with van der Waals surface area (Å²) >= 11 is 1.65. The molecule has 1 aromatic rings. The van der Waals surface area contributed by atoms with E-state index < -0.39 is 0 Å². The maximum atomic E-state index is 13.0. The molecule has 10 nitrogen and oxygen atoms in total. The van der Waals surface area contributed by atoms with E-state index in [1.807, 2.05) is 32.6 Å². The van der Waals surface area contributed by atoms with Gasteiger partial charge >= 0.3 is 11.9 Å². The highest BCUT2D eigenvalue weighted by Gasteiger charge is 2.28. The minimum Gasteiger partial charge on any atom is -0.466 e. The third kappa shape index (κ3) is 34.9. The lowest BCUT2D eigenvalue weighted by molar-refractivity contribution is -0.149. The van der Waals surface area contributed by atoms with Crippen LogP contribution in [0.3, 0.4) is 0 Å². The largest absolute Gasteiger partial charge is 0.466 e. The molecule has 0 fully saturated rings. The number of likely N-dealkylation sites (N-methyl/N-ethyl adjacent to an activating group) is 1. The van der Waals surface area contributed by atoms with Gasteiger partial charge < -0.3 is 29.4 Å². The Morgan fingerprint density at radius 3 is 1.65 bits per heavy atom. The maximum absolute atomic E-state index is 13.0. The van der Waals surface area contributed by atoms with E-state index in [0.717, 1.165) is 104 Å². The first-order valence-corrected chi connectivity index (χ1v) is 29.6. The van der Waals surface area contributed by atoms with Crippen LogP contribution in [0.4, 0.5) is 0 Å². The van der Waals surface area contributed by atoms with Crippen molar-refractivity contribution in [3.05, 3.63) is 20.9 Å². The van der Waals surface area contributed by atoms with Gasteiger partial charge in [-0.05, 0) is 91.3 Å². The number of Topliss-reactive ketones (excluding diaryl/α,β-unsaturated/α-hetero) is 1. The van der Waals surface area contributed by atoms with Crippen molar-refractivity contribution in [1.29, 1.82) is 0 Å². The van der Waals surface area contributed by atoms with E-state index in [-0.39, 0.29) is 35.5 Å². The van der Waals surface area contributed by atoms with Gasteiger partial charge in [-0.2, -0.15) is 0 Å². The van der Waals surface area contributed by atoms with Crippen molar-refractivity contribution in [2.45, 2.75) is 247 Å². The molecular weight excluding hydrogens is 890 g/mol. The Hall–Kier alpha value is -2.36. The van der Waals surface area contributed by atoms with E-state index in [4.69, 9.17) is 9.47 Å². The molecule has 2 rings (SSSR count). The molecule has 396 valence electrons. The number of esters is 2. The van der Waals surface area contributed by atoms with E-state index in [2.05, 4.69) is 40.2 Å². The first kappa shape index (κ1) is 65.6. The highest BCUT2D eigenvalue weighted by Crippen LogP contribution is 2.33. The Labute approximate surface area is 423 Å². The fourth-order valence-electron chi connectivity index (χ4n) is 8.57. The third-order valence-electron chi connectivity index (χ3n) is 12.8. The molecule has 1 atom stereocenters. The zero-order valence-corrected chi connectivity index (χ0v) is 47.2. The topological polar surface area (TPSA) is 122 Å². The Morgan fingerprint density at radius 2 is 1.12 bits per heavy atom. The van der Waals surface area contributed by atoms with Crippen molar-refractivity contribution in [3.8, 4) is 0 Å². The summed E-state index contributed by atoms with van der Waals surface area (Å²) in [6, 6.07) is 0. The Kier molecular flexibility index (Phi) is 44.2. The normalized spacial score (nSPS) is 12.0. The van der Waals surface area contributed by atoms with Gasteiger partial charge in [0.05, 0.1) is 31.2 Å². The molecular formula is C56H104N3O7PS. The summed E-state index contributed by atoms with van der Waals surface area (Å²) in [7, 11) is 6.41. The highest BCUT2D eigenvalue weighted by atomic mass is 32.1. The van der Waals surface area contributed by atoms with E-state index >= 15 is 0 Å². The summed E-state index contributed by atoms with van der Waals surface area (Å²) in [5.41, 5.74) is 1.94. The van der Waals surface area contributed by atoms with Crippen LogP contribution in [0.1, 0.15) is 252 Å². The van der Waals surface area contributed by atoms with Gasteiger partial charge in [-0.1, -0.05) is 156 Å². The lowest BCUT2D eigenvalue weighted by Crippen LogP contribution is -2.36. The average molecular weight is 995 g/mol. The summed E-state index contributed by atoms with van der Waals surface area (Å²) < 4.78 is 10.9. The van der Waals surface area contributed by atoms with E-state index in [1.54, 1.807) is 18.3 Å². The third-order valence-corrected chi connectivity index (χ3v) is 13.9. The summed E-state index contributed by atoms with van der Waals surface area (Å²) in [5, 5.41) is 3.05. The number of carbonyl (C=O) groups is 5. The number of nitrogens with one attached hydrogen (secondary N) is 1. The molecule has 0 saturated heterocycles. The summed E-state index contributed by atoms with van der Waals surface area (Å²) in [4.78, 5) is 67.1. The van der Waals surface area contributed by atoms with E-state index in [1.165, 1.54) is 109 Å². The monoisotopic (exact) mass is 994 g/mol. The van der Waals surface area contributed by atoms with Crippen LogP contribution < -0.4 is 5.32 Å². The number of ketones is 1. The molecule has 0 radical (unpaired) electrons. The number of ether oxygens (including phenoxy) is 2. The van der Waals surface area contributed by atoms with Gasteiger partial charge in [-0.3, -0.25) is 19.2 Å². The first-order chi connectivity index (χ1) is 32.9. The summed E-state index contributed by atoms with van der Waals surface area (Å²) in [5.74, 6) is 0.297. The number of aryl methyl sites for hydroxylation is 1. The van der Waals surface area contributed by atoms with Gasteiger partial charge in [-0.25, -0.2) is 0 Å². The van der Waals surface area contributed by atoms with Crippen LogP contribution in [0, 0.1) is 12.8 Å². The fraction of sp³-hybridized carbons (Fsp3) is 0.839. The molecule has 12 heteroatoms. The van der Waals surface area contributed by atoms with Gasteiger partial charge in [0.15, 0.2) is 0 Å². The quantitative estimate of drug-likeness (QED) is 0.0392. The molecule has 1 aliphatic rings. The van der Waals surface area contributed by atoms with Crippen LogP contribution in [0.5, 0.6) is 0 Å². The van der Waals surface area contributed by atoms with Gasteiger partial charge in [-0.15, -0.1) is 20.6 Å². The van der Waals surface area contributed by atoms with Crippen molar-refractivity contribution in [2.75, 3.05) is 53.6 Å². The van der Waals surface area contributed by atoms with Crippen LogP contribution in [0.2, 0.25) is 0 Å². The van der Waals surface area contributed by atoms with Crippen LogP contribution in [-0.2, 0) is 41.6 Å². The van der Waals surface area contributed by atoms with E-state index in [0.29, 0.717) is 52.1 Å².